The first-order valence-electron chi connectivity index (χ1n) is 11.7. The van der Waals surface area contributed by atoms with Crippen LogP contribution in [0.1, 0.15) is 52.6 Å². The summed E-state index contributed by atoms with van der Waals surface area (Å²) in [5.41, 5.74) is 2.24. The molecule has 0 spiro atoms. The molecule has 0 saturated carbocycles. The van der Waals surface area contributed by atoms with Crippen molar-refractivity contribution in [2.45, 2.75) is 39.2 Å². The van der Waals surface area contributed by atoms with Gasteiger partial charge in [-0.1, -0.05) is 25.5 Å². The minimum Gasteiger partial charge on any atom is -0.456 e. The molecule has 0 saturated heterocycles. The van der Waals surface area contributed by atoms with Crippen molar-refractivity contribution in [3.8, 4) is 0 Å². The highest BCUT2D eigenvalue weighted by atomic mass is 16.5. The number of carbonyl (C=O) groups excluding carboxylic acids is 4. The van der Waals surface area contributed by atoms with E-state index in [4.69, 9.17) is 4.74 Å². The van der Waals surface area contributed by atoms with Crippen molar-refractivity contribution < 1.29 is 23.9 Å². The van der Waals surface area contributed by atoms with Gasteiger partial charge >= 0.3 is 5.97 Å². The van der Waals surface area contributed by atoms with Gasteiger partial charge in [-0.2, -0.15) is 0 Å². The molecule has 1 N–H and O–H groups in total. The van der Waals surface area contributed by atoms with Gasteiger partial charge < -0.3 is 14.6 Å². The summed E-state index contributed by atoms with van der Waals surface area (Å²) in [6.07, 6.45) is 1.76. The van der Waals surface area contributed by atoms with Gasteiger partial charge in [0.1, 0.15) is 5.69 Å². The largest absolute Gasteiger partial charge is 0.456 e. The fourth-order valence-electron chi connectivity index (χ4n) is 4.02. The second-order valence-electron chi connectivity index (χ2n) is 8.50. The van der Waals surface area contributed by atoms with Crippen LogP contribution in [0.5, 0.6) is 0 Å². The fourth-order valence-corrected chi connectivity index (χ4v) is 4.02. The number of fused-ring (bicyclic) bond motifs is 2. The summed E-state index contributed by atoms with van der Waals surface area (Å²) < 4.78 is 6.74. The van der Waals surface area contributed by atoms with Crippen LogP contribution in [0.2, 0.25) is 0 Å². The molecule has 0 unspecified atom stereocenters. The average Bonchev–Trinajstić information content (AvgIpc) is 3.09. The molecule has 0 atom stereocenters. The number of unbranched alkanes of at least 4 members (excludes halogenated alkanes) is 1. The van der Waals surface area contributed by atoms with Crippen LogP contribution in [-0.4, -0.2) is 51.8 Å². The molecule has 186 valence electrons. The highest BCUT2D eigenvalue weighted by molar-refractivity contribution is 6.21. The summed E-state index contributed by atoms with van der Waals surface area (Å²) in [4.78, 5) is 66.9. The zero-order valence-corrected chi connectivity index (χ0v) is 20.1. The first-order chi connectivity index (χ1) is 17.3. The van der Waals surface area contributed by atoms with Crippen LogP contribution in [0.15, 0.2) is 47.3 Å². The van der Waals surface area contributed by atoms with Crippen LogP contribution < -0.4 is 10.9 Å². The first kappa shape index (κ1) is 24.8. The van der Waals surface area contributed by atoms with E-state index in [-0.39, 0.29) is 35.2 Å². The second kappa shape index (κ2) is 10.5. The van der Waals surface area contributed by atoms with Gasteiger partial charge in [-0.05, 0) is 36.8 Å². The van der Waals surface area contributed by atoms with E-state index in [2.05, 4.69) is 10.3 Å². The SMILES string of the molecule is CCCCn1c(=O)c(CCC(=O)OCC(=O)Nc2ccc3c(c2)C(=O)N(C)C3=O)nc2ccccc21. The summed E-state index contributed by atoms with van der Waals surface area (Å²) >= 11 is 0. The third-order valence-corrected chi connectivity index (χ3v) is 5.96. The van der Waals surface area contributed by atoms with E-state index in [1.54, 1.807) is 4.57 Å². The number of aryl methyl sites for hydroxylation is 2. The second-order valence-corrected chi connectivity index (χ2v) is 8.50. The Kier molecular flexibility index (Phi) is 7.23. The molecule has 4 rings (SSSR count). The molecule has 10 heteroatoms. The normalized spacial score (nSPS) is 12.7. The summed E-state index contributed by atoms with van der Waals surface area (Å²) in [5, 5.41) is 2.54. The van der Waals surface area contributed by atoms with Crippen molar-refractivity contribution in [1.29, 1.82) is 0 Å². The Balaban J connectivity index is 1.34. The van der Waals surface area contributed by atoms with E-state index < -0.39 is 30.3 Å². The molecular weight excluding hydrogens is 464 g/mol. The standard InChI is InChI=1S/C26H26N4O6/c1-3-4-13-30-21-8-6-5-7-19(21)28-20(26(30)35)11-12-23(32)36-15-22(31)27-16-9-10-17-18(14-16)25(34)29(2)24(17)33/h5-10,14H,3-4,11-13,15H2,1-2H3,(H,27,31). The molecule has 0 aliphatic carbocycles. The molecule has 0 bridgehead atoms. The van der Waals surface area contributed by atoms with Crippen LogP contribution in [0.4, 0.5) is 5.69 Å². The highest BCUT2D eigenvalue weighted by Crippen LogP contribution is 2.24. The molecule has 1 aliphatic heterocycles. The number of rotatable bonds is 9. The monoisotopic (exact) mass is 490 g/mol. The number of para-hydroxylation sites is 2. The fraction of sp³-hybridized carbons (Fsp3) is 0.308. The van der Waals surface area contributed by atoms with Crippen molar-refractivity contribution >= 4 is 40.4 Å². The molecule has 1 aliphatic rings. The molecular formula is C26H26N4O6. The molecule has 3 amide bonds. The Hall–Kier alpha value is -4.34. The smallest absolute Gasteiger partial charge is 0.306 e. The lowest BCUT2D eigenvalue weighted by Gasteiger charge is -2.12. The van der Waals surface area contributed by atoms with Gasteiger partial charge in [0.15, 0.2) is 6.61 Å². The Morgan fingerprint density at radius 3 is 2.56 bits per heavy atom. The number of carbonyl (C=O) groups is 4. The van der Waals surface area contributed by atoms with Crippen molar-refractivity contribution in [1.82, 2.24) is 14.5 Å². The van der Waals surface area contributed by atoms with Gasteiger partial charge in [-0.3, -0.25) is 28.9 Å². The Labute approximate surface area is 206 Å². The van der Waals surface area contributed by atoms with Crippen molar-refractivity contribution in [3.63, 3.8) is 0 Å². The molecule has 0 fully saturated rings. The number of esters is 1. The maximum atomic E-state index is 13.0. The summed E-state index contributed by atoms with van der Waals surface area (Å²) in [6.45, 7) is 2.08. The maximum Gasteiger partial charge on any atom is 0.306 e. The molecule has 3 aromatic rings. The lowest BCUT2D eigenvalue weighted by molar-refractivity contribution is -0.147. The van der Waals surface area contributed by atoms with E-state index in [1.165, 1.54) is 25.2 Å². The van der Waals surface area contributed by atoms with Crippen LogP contribution in [-0.2, 0) is 27.3 Å². The number of aromatic nitrogens is 2. The lowest BCUT2D eigenvalue weighted by Crippen LogP contribution is -2.27. The van der Waals surface area contributed by atoms with Crippen LogP contribution in [0, 0.1) is 0 Å². The summed E-state index contributed by atoms with van der Waals surface area (Å²) in [6, 6.07) is 11.7. The number of ether oxygens (including phenoxy) is 1. The Bertz CT molecular complexity index is 1430. The van der Waals surface area contributed by atoms with E-state index >= 15 is 0 Å². The molecule has 2 heterocycles. The molecule has 1 aromatic heterocycles. The molecule has 10 nitrogen and oxygen atoms in total. The number of nitrogens with one attached hydrogen (secondary N) is 1. The summed E-state index contributed by atoms with van der Waals surface area (Å²) in [7, 11) is 1.39. The van der Waals surface area contributed by atoms with Gasteiger partial charge in [-0.15, -0.1) is 0 Å². The van der Waals surface area contributed by atoms with E-state index in [0.29, 0.717) is 17.7 Å². The number of nitrogens with zero attached hydrogens (tertiary/aromatic N) is 3. The van der Waals surface area contributed by atoms with E-state index in [0.717, 1.165) is 23.3 Å². The van der Waals surface area contributed by atoms with Gasteiger partial charge in [0.05, 0.1) is 28.6 Å². The minimum atomic E-state index is -0.643. The highest BCUT2D eigenvalue weighted by Gasteiger charge is 2.32. The number of amides is 3. The molecule has 36 heavy (non-hydrogen) atoms. The van der Waals surface area contributed by atoms with Crippen LogP contribution >= 0.6 is 0 Å². The van der Waals surface area contributed by atoms with Crippen molar-refractivity contribution in [3.05, 3.63) is 69.6 Å². The van der Waals surface area contributed by atoms with Gasteiger partial charge in [0.2, 0.25) is 0 Å². The molecule has 2 aromatic carbocycles. The maximum absolute atomic E-state index is 13.0. The van der Waals surface area contributed by atoms with Crippen molar-refractivity contribution in [2.75, 3.05) is 19.0 Å². The van der Waals surface area contributed by atoms with Crippen LogP contribution in [0.25, 0.3) is 11.0 Å². The first-order valence-corrected chi connectivity index (χ1v) is 11.7. The Morgan fingerprint density at radius 2 is 1.78 bits per heavy atom. The predicted octanol–water partition coefficient (Wildman–Crippen LogP) is 2.54. The minimum absolute atomic E-state index is 0.0880. The number of hydrogen-bond acceptors (Lipinski definition) is 7. The van der Waals surface area contributed by atoms with Gasteiger partial charge in [0.25, 0.3) is 23.3 Å². The third kappa shape index (κ3) is 5.02. The third-order valence-electron chi connectivity index (χ3n) is 5.96. The van der Waals surface area contributed by atoms with Gasteiger partial charge in [0, 0.05) is 25.7 Å². The summed E-state index contributed by atoms with van der Waals surface area (Å²) in [5.74, 6) is -2.09. The average molecular weight is 491 g/mol. The van der Waals surface area contributed by atoms with Gasteiger partial charge in [-0.25, -0.2) is 4.98 Å². The quantitative estimate of drug-likeness (QED) is 0.361. The molecule has 0 radical (unpaired) electrons. The van der Waals surface area contributed by atoms with Crippen molar-refractivity contribution in [2.24, 2.45) is 0 Å². The predicted molar refractivity (Wildman–Crippen MR) is 132 cm³/mol. The van der Waals surface area contributed by atoms with E-state index in [9.17, 15) is 24.0 Å². The number of anilines is 1. The number of hydrogen-bond donors (Lipinski definition) is 1. The van der Waals surface area contributed by atoms with E-state index in [1.807, 2.05) is 31.2 Å². The van der Waals surface area contributed by atoms with Crippen LogP contribution in [0.3, 0.4) is 0 Å². The Morgan fingerprint density at radius 1 is 1.03 bits per heavy atom. The topological polar surface area (TPSA) is 128 Å². The lowest BCUT2D eigenvalue weighted by atomic mass is 10.1. The number of benzene rings is 2. The zero-order chi connectivity index (χ0) is 25.8. The zero-order valence-electron chi connectivity index (χ0n) is 20.1. The number of imide groups is 1.